The van der Waals surface area contributed by atoms with Crippen LogP contribution in [0.5, 0.6) is 5.75 Å². The van der Waals surface area contributed by atoms with Crippen molar-refractivity contribution >= 4 is 28.9 Å². The molecule has 1 aliphatic rings. The average molecular weight is 275 g/mol. The Balaban J connectivity index is 1.94. The smallest absolute Gasteiger partial charge is 0.152 e. The number of phenolic OH excluding ortho intramolecular Hbond substituents is 1. The van der Waals surface area contributed by atoms with Crippen LogP contribution in [0.25, 0.3) is 0 Å². The minimum atomic E-state index is -0.0605. The third-order valence-corrected chi connectivity index (χ3v) is 3.56. The third-order valence-electron chi connectivity index (χ3n) is 2.98. The number of hydrogen-bond donors (Lipinski definition) is 3. The normalized spacial score (nSPS) is 20.2. The molecule has 0 aromatic heterocycles. The maximum atomic E-state index is 9.44. The first-order chi connectivity index (χ1) is 8.16. The molecule has 2 rings (SSSR count). The van der Waals surface area contributed by atoms with Gasteiger partial charge in [-0.2, -0.15) is 0 Å². The number of hydrogen-bond acceptors (Lipinski definition) is 3. The number of rotatable bonds is 3. The second-order valence-electron chi connectivity index (χ2n) is 4.32. The monoisotopic (exact) mass is 274 g/mol. The van der Waals surface area contributed by atoms with Crippen LogP contribution >= 0.6 is 23.2 Å². The van der Waals surface area contributed by atoms with E-state index in [0.717, 1.165) is 18.8 Å². The lowest BCUT2D eigenvalue weighted by molar-refractivity contribution is 0.414. The van der Waals surface area contributed by atoms with Gasteiger partial charge in [0, 0.05) is 18.3 Å². The van der Waals surface area contributed by atoms with E-state index in [1.165, 1.54) is 19.3 Å². The SMILES string of the molecule is Oc1c(Cl)cc(NCC2CCCCN2)cc1Cl. The average Bonchev–Trinajstić information content (AvgIpc) is 2.34. The first kappa shape index (κ1) is 12.8. The molecule has 0 aliphatic carbocycles. The molecule has 0 spiro atoms. The summed E-state index contributed by atoms with van der Waals surface area (Å²) in [5, 5.41) is 16.7. The lowest BCUT2D eigenvalue weighted by atomic mass is 10.1. The molecule has 1 aliphatic heterocycles. The first-order valence-corrected chi connectivity index (χ1v) is 6.57. The summed E-state index contributed by atoms with van der Waals surface area (Å²) in [5.41, 5.74) is 0.838. The van der Waals surface area contributed by atoms with Gasteiger partial charge in [0.05, 0.1) is 10.0 Å². The van der Waals surface area contributed by atoms with Gasteiger partial charge in [0.2, 0.25) is 0 Å². The van der Waals surface area contributed by atoms with Gasteiger partial charge in [-0.1, -0.05) is 29.6 Å². The van der Waals surface area contributed by atoms with Crippen LogP contribution in [0.15, 0.2) is 12.1 Å². The third kappa shape index (κ3) is 3.41. The molecule has 94 valence electrons. The van der Waals surface area contributed by atoms with Crippen LogP contribution in [0.2, 0.25) is 10.0 Å². The van der Waals surface area contributed by atoms with Crippen LogP contribution in [0, 0.1) is 0 Å². The Morgan fingerprint density at radius 1 is 1.29 bits per heavy atom. The van der Waals surface area contributed by atoms with Gasteiger partial charge in [0.15, 0.2) is 5.75 Å². The Morgan fingerprint density at radius 2 is 2.00 bits per heavy atom. The van der Waals surface area contributed by atoms with Crippen molar-refractivity contribution < 1.29 is 5.11 Å². The molecule has 3 nitrogen and oxygen atoms in total. The zero-order valence-corrected chi connectivity index (χ0v) is 11.0. The summed E-state index contributed by atoms with van der Waals surface area (Å²) in [7, 11) is 0. The number of halogens is 2. The zero-order chi connectivity index (χ0) is 12.3. The maximum Gasteiger partial charge on any atom is 0.152 e. The predicted molar refractivity (Wildman–Crippen MR) is 72.3 cm³/mol. The first-order valence-electron chi connectivity index (χ1n) is 5.82. The number of benzene rings is 1. The molecule has 3 N–H and O–H groups in total. The van der Waals surface area contributed by atoms with Crippen molar-refractivity contribution in [3.63, 3.8) is 0 Å². The topological polar surface area (TPSA) is 44.3 Å². The Morgan fingerprint density at radius 3 is 2.59 bits per heavy atom. The van der Waals surface area contributed by atoms with E-state index in [0.29, 0.717) is 6.04 Å². The van der Waals surface area contributed by atoms with Crippen LogP contribution in [0.1, 0.15) is 19.3 Å². The van der Waals surface area contributed by atoms with Crippen LogP contribution in [0.4, 0.5) is 5.69 Å². The van der Waals surface area contributed by atoms with Crippen LogP contribution in [0.3, 0.4) is 0 Å². The summed E-state index contributed by atoms with van der Waals surface area (Å²) in [6.07, 6.45) is 3.72. The fourth-order valence-electron chi connectivity index (χ4n) is 2.01. The standard InChI is InChI=1S/C12H16Cl2N2O/c13-10-5-9(6-11(14)12(10)17)16-7-8-3-1-2-4-15-8/h5-6,8,15-17H,1-4,7H2. The molecule has 0 amide bonds. The largest absolute Gasteiger partial charge is 0.505 e. The molecule has 1 fully saturated rings. The fourth-order valence-corrected chi connectivity index (χ4v) is 2.49. The Hall–Kier alpha value is -0.640. The summed E-state index contributed by atoms with van der Waals surface area (Å²) >= 11 is 11.7. The molecule has 0 saturated carbocycles. The lowest BCUT2D eigenvalue weighted by Crippen LogP contribution is -2.39. The maximum absolute atomic E-state index is 9.44. The quantitative estimate of drug-likeness (QED) is 0.742. The molecular formula is C12H16Cl2N2O. The van der Waals surface area contributed by atoms with E-state index < -0.39 is 0 Å². The van der Waals surface area contributed by atoms with Crippen LogP contribution in [-0.2, 0) is 0 Å². The van der Waals surface area contributed by atoms with Gasteiger partial charge in [-0.3, -0.25) is 0 Å². The Kier molecular flexibility index (Phi) is 4.37. The summed E-state index contributed by atoms with van der Waals surface area (Å²) in [5.74, 6) is -0.0605. The Labute approximate surface area is 111 Å². The zero-order valence-electron chi connectivity index (χ0n) is 9.47. The molecule has 17 heavy (non-hydrogen) atoms. The van der Waals surface area contributed by atoms with E-state index >= 15 is 0 Å². The molecule has 5 heteroatoms. The molecule has 0 bridgehead atoms. The van der Waals surface area contributed by atoms with E-state index in [1.807, 2.05) is 0 Å². The Bertz CT molecular complexity index is 369. The van der Waals surface area contributed by atoms with E-state index in [2.05, 4.69) is 10.6 Å². The van der Waals surface area contributed by atoms with E-state index in [-0.39, 0.29) is 15.8 Å². The number of anilines is 1. The van der Waals surface area contributed by atoms with Crippen LogP contribution < -0.4 is 10.6 Å². The van der Waals surface area contributed by atoms with Gasteiger partial charge in [-0.25, -0.2) is 0 Å². The van der Waals surface area contributed by atoms with Crippen LogP contribution in [-0.4, -0.2) is 24.2 Å². The number of phenols is 1. The number of piperidine rings is 1. The molecule has 1 aromatic rings. The highest BCUT2D eigenvalue weighted by Gasteiger charge is 2.12. The summed E-state index contributed by atoms with van der Waals surface area (Å²) in [6.45, 7) is 1.93. The number of nitrogens with one attached hydrogen (secondary N) is 2. The van der Waals surface area contributed by atoms with Gasteiger partial charge in [0.25, 0.3) is 0 Å². The summed E-state index contributed by atoms with van der Waals surface area (Å²) in [6, 6.07) is 3.87. The van der Waals surface area contributed by atoms with Crippen molar-refractivity contribution in [2.75, 3.05) is 18.4 Å². The highest BCUT2D eigenvalue weighted by Crippen LogP contribution is 2.34. The van der Waals surface area contributed by atoms with Gasteiger partial charge in [-0.05, 0) is 31.5 Å². The minimum absolute atomic E-state index is 0.0605. The van der Waals surface area contributed by atoms with Crippen molar-refractivity contribution in [1.82, 2.24) is 5.32 Å². The molecule has 0 radical (unpaired) electrons. The van der Waals surface area contributed by atoms with Crippen molar-refractivity contribution in [2.24, 2.45) is 0 Å². The van der Waals surface area contributed by atoms with E-state index in [4.69, 9.17) is 23.2 Å². The molecule has 1 heterocycles. The molecule has 1 saturated heterocycles. The molecular weight excluding hydrogens is 259 g/mol. The number of aromatic hydroxyl groups is 1. The minimum Gasteiger partial charge on any atom is -0.505 e. The second kappa shape index (κ2) is 5.80. The summed E-state index contributed by atoms with van der Waals surface area (Å²) < 4.78 is 0. The molecule has 1 unspecified atom stereocenters. The molecule has 1 aromatic carbocycles. The second-order valence-corrected chi connectivity index (χ2v) is 5.13. The highest BCUT2D eigenvalue weighted by atomic mass is 35.5. The van der Waals surface area contributed by atoms with Gasteiger partial charge in [-0.15, -0.1) is 0 Å². The highest BCUT2D eigenvalue weighted by molar-refractivity contribution is 6.37. The predicted octanol–water partition coefficient (Wildman–Crippen LogP) is 3.25. The summed E-state index contributed by atoms with van der Waals surface area (Å²) in [4.78, 5) is 0. The van der Waals surface area contributed by atoms with Crippen molar-refractivity contribution in [3.05, 3.63) is 22.2 Å². The van der Waals surface area contributed by atoms with Gasteiger partial charge >= 0.3 is 0 Å². The fraction of sp³-hybridized carbons (Fsp3) is 0.500. The van der Waals surface area contributed by atoms with Crippen molar-refractivity contribution in [1.29, 1.82) is 0 Å². The van der Waals surface area contributed by atoms with E-state index in [1.54, 1.807) is 12.1 Å². The van der Waals surface area contributed by atoms with E-state index in [9.17, 15) is 5.11 Å². The van der Waals surface area contributed by atoms with Gasteiger partial charge in [0.1, 0.15) is 0 Å². The van der Waals surface area contributed by atoms with Crippen molar-refractivity contribution in [3.8, 4) is 5.75 Å². The van der Waals surface area contributed by atoms with Crippen molar-refractivity contribution in [2.45, 2.75) is 25.3 Å². The molecule has 1 atom stereocenters. The lowest BCUT2D eigenvalue weighted by Gasteiger charge is -2.24. The van der Waals surface area contributed by atoms with Gasteiger partial charge < -0.3 is 15.7 Å².